The van der Waals surface area contributed by atoms with Crippen molar-refractivity contribution in [1.29, 1.82) is 0 Å². The molecule has 3 N–H and O–H groups in total. The number of guanidine groups is 1. The molecular weight excluding hydrogens is 388 g/mol. The lowest BCUT2D eigenvalue weighted by molar-refractivity contribution is -0.116. The average molecular weight is 417 g/mol. The Morgan fingerprint density at radius 2 is 1.97 bits per heavy atom. The van der Waals surface area contributed by atoms with Gasteiger partial charge in [0.05, 0.1) is 0 Å². The molecular formula is C24H28N6O. The highest BCUT2D eigenvalue weighted by Gasteiger charge is 2.24. The zero-order valence-corrected chi connectivity index (χ0v) is 17.7. The van der Waals surface area contributed by atoms with E-state index in [0.717, 1.165) is 36.0 Å². The first-order chi connectivity index (χ1) is 15.2. The van der Waals surface area contributed by atoms with Crippen LogP contribution >= 0.6 is 0 Å². The van der Waals surface area contributed by atoms with E-state index < -0.39 is 0 Å². The summed E-state index contributed by atoms with van der Waals surface area (Å²) in [4.78, 5) is 20.9. The van der Waals surface area contributed by atoms with Crippen molar-refractivity contribution in [1.82, 2.24) is 20.2 Å². The number of benzene rings is 2. The van der Waals surface area contributed by atoms with Gasteiger partial charge in [-0.25, -0.2) is 4.98 Å². The fourth-order valence-corrected chi connectivity index (χ4v) is 3.91. The van der Waals surface area contributed by atoms with Crippen molar-refractivity contribution in [2.24, 2.45) is 4.99 Å². The van der Waals surface area contributed by atoms with Gasteiger partial charge in [0.2, 0.25) is 5.91 Å². The van der Waals surface area contributed by atoms with Gasteiger partial charge in [0.1, 0.15) is 5.82 Å². The Balaban J connectivity index is 1.29. The number of amides is 1. The summed E-state index contributed by atoms with van der Waals surface area (Å²) in [7, 11) is 1.76. The van der Waals surface area contributed by atoms with E-state index in [0.29, 0.717) is 19.5 Å². The van der Waals surface area contributed by atoms with Crippen LogP contribution in [0.15, 0.2) is 72.0 Å². The molecule has 0 bridgehead atoms. The van der Waals surface area contributed by atoms with Crippen molar-refractivity contribution in [3.63, 3.8) is 0 Å². The highest BCUT2D eigenvalue weighted by Crippen LogP contribution is 2.31. The van der Waals surface area contributed by atoms with E-state index in [2.05, 4.69) is 60.8 Å². The second-order valence-electron chi connectivity index (χ2n) is 7.62. The number of carbonyl (C=O) groups is 1. The molecule has 0 saturated heterocycles. The van der Waals surface area contributed by atoms with E-state index in [9.17, 15) is 4.79 Å². The molecule has 3 aromatic rings. The summed E-state index contributed by atoms with van der Waals surface area (Å²) < 4.78 is 2.17. The van der Waals surface area contributed by atoms with Crippen LogP contribution < -0.4 is 16.0 Å². The van der Waals surface area contributed by atoms with E-state index in [-0.39, 0.29) is 11.8 Å². The van der Waals surface area contributed by atoms with Gasteiger partial charge in [0.25, 0.3) is 0 Å². The molecule has 0 radical (unpaired) electrons. The highest BCUT2D eigenvalue weighted by atomic mass is 16.1. The van der Waals surface area contributed by atoms with E-state index in [1.165, 1.54) is 5.56 Å². The number of nitrogens with one attached hydrogen (secondary N) is 3. The van der Waals surface area contributed by atoms with E-state index in [1.54, 1.807) is 7.05 Å². The Kier molecular flexibility index (Phi) is 6.62. The van der Waals surface area contributed by atoms with Crippen molar-refractivity contribution < 1.29 is 4.79 Å². The number of aliphatic imine (C=N–C) groups is 1. The van der Waals surface area contributed by atoms with Crippen LogP contribution in [0.4, 0.5) is 5.69 Å². The summed E-state index contributed by atoms with van der Waals surface area (Å²) >= 11 is 0. The molecule has 1 amide bonds. The lowest BCUT2D eigenvalue weighted by atomic mass is 9.90. The molecule has 1 atom stereocenters. The van der Waals surface area contributed by atoms with Crippen LogP contribution in [0.5, 0.6) is 0 Å². The fourth-order valence-electron chi connectivity index (χ4n) is 3.91. The molecule has 2 heterocycles. The van der Waals surface area contributed by atoms with Crippen molar-refractivity contribution in [3.05, 3.63) is 83.9 Å². The van der Waals surface area contributed by atoms with Gasteiger partial charge in [-0.15, -0.1) is 0 Å². The van der Waals surface area contributed by atoms with E-state index in [4.69, 9.17) is 0 Å². The third kappa shape index (κ3) is 5.31. The topological polar surface area (TPSA) is 83.3 Å². The number of fused-ring (bicyclic) bond motifs is 1. The average Bonchev–Trinajstić information content (AvgIpc) is 3.23. The number of hydrogen-bond donors (Lipinski definition) is 3. The first-order valence-electron chi connectivity index (χ1n) is 10.6. The second-order valence-corrected chi connectivity index (χ2v) is 7.62. The minimum atomic E-state index is 0.0544. The summed E-state index contributed by atoms with van der Waals surface area (Å²) in [6.07, 6.45) is 5.12. The maximum atomic E-state index is 12.0. The minimum absolute atomic E-state index is 0.0544. The highest BCUT2D eigenvalue weighted by molar-refractivity contribution is 5.94. The number of carbonyl (C=O) groups excluding carboxylic acids is 1. The second kappa shape index (κ2) is 9.93. The van der Waals surface area contributed by atoms with Crippen LogP contribution in [0.3, 0.4) is 0 Å². The van der Waals surface area contributed by atoms with Crippen molar-refractivity contribution in [3.8, 4) is 0 Å². The van der Waals surface area contributed by atoms with Gasteiger partial charge in [-0.1, -0.05) is 48.5 Å². The molecule has 1 aliphatic heterocycles. The Morgan fingerprint density at radius 3 is 2.81 bits per heavy atom. The van der Waals surface area contributed by atoms with Crippen LogP contribution in [0.25, 0.3) is 0 Å². The molecule has 4 rings (SSSR count). The lowest BCUT2D eigenvalue weighted by Crippen LogP contribution is -2.41. The van der Waals surface area contributed by atoms with Gasteiger partial charge < -0.3 is 20.5 Å². The molecule has 160 valence electrons. The Bertz CT molecular complexity index is 1040. The summed E-state index contributed by atoms with van der Waals surface area (Å²) in [5.74, 6) is 1.93. The smallest absolute Gasteiger partial charge is 0.225 e. The van der Waals surface area contributed by atoms with Crippen LogP contribution in [-0.2, 0) is 17.8 Å². The molecule has 7 nitrogen and oxygen atoms in total. The molecule has 0 spiro atoms. The number of hydrogen-bond acceptors (Lipinski definition) is 3. The van der Waals surface area contributed by atoms with Crippen LogP contribution in [-0.4, -0.2) is 41.6 Å². The SMILES string of the molecule is CN=C(NCCc1nccn1Cc1ccccc1)NCC1CC(=O)Nc2ccccc21. The predicted molar refractivity (Wildman–Crippen MR) is 123 cm³/mol. The molecule has 1 aromatic heterocycles. The largest absolute Gasteiger partial charge is 0.356 e. The van der Waals surface area contributed by atoms with Crippen molar-refractivity contribution in [2.75, 3.05) is 25.5 Å². The molecule has 0 saturated carbocycles. The van der Waals surface area contributed by atoms with E-state index >= 15 is 0 Å². The van der Waals surface area contributed by atoms with Gasteiger partial charge in [-0.05, 0) is 17.2 Å². The number of anilines is 1. The number of imidazole rings is 1. The van der Waals surface area contributed by atoms with Crippen LogP contribution in [0.1, 0.15) is 29.3 Å². The molecule has 1 unspecified atom stereocenters. The zero-order valence-electron chi connectivity index (χ0n) is 17.7. The monoisotopic (exact) mass is 416 g/mol. The maximum Gasteiger partial charge on any atom is 0.225 e. The number of aromatic nitrogens is 2. The summed E-state index contributed by atoms with van der Waals surface area (Å²) in [5.41, 5.74) is 3.32. The number of rotatable bonds is 7. The molecule has 1 aliphatic rings. The van der Waals surface area contributed by atoms with Crippen LogP contribution in [0, 0.1) is 0 Å². The van der Waals surface area contributed by atoms with E-state index in [1.807, 2.05) is 36.7 Å². The lowest BCUT2D eigenvalue weighted by Gasteiger charge is -2.26. The predicted octanol–water partition coefficient (Wildman–Crippen LogP) is 2.76. The quantitative estimate of drug-likeness (QED) is 0.409. The minimum Gasteiger partial charge on any atom is -0.356 e. The first-order valence-corrected chi connectivity index (χ1v) is 10.6. The number of para-hydroxylation sites is 1. The van der Waals surface area contributed by atoms with Gasteiger partial charge in [-0.3, -0.25) is 9.79 Å². The first kappa shape index (κ1) is 20.7. The summed E-state index contributed by atoms with van der Waals surface area (Å²) in [6, 6.07) is 18.3. The van der Waals surface area contributed by atoms with Gasteiger partial charge in [0.15, 0.2) is 5.96 Å². The van der Waals surface area contributed by atoms with Gasteiger partial charge >= 0.3 is 0 Å². The summed E-state index contributed by atoms with van der Waals surface area (Å²) in [5, 5.41) is 9.67. The van der Waals surface area contributed by atoms with Crippen LogP contribution in [0.2, 0.25) is 0 Å². The fraction of sp³-hybridized carbons (Fsp3) is 0.292. The number of nitrogens with zero attached hydrogens (tertiary/aromatic N) is 3. The Morgan fingerprint density at radius 1 is 1.16 bits per heavy atom. The normalized spacial score (nSPS) is 15.8. The summed E-state index contributed by atoms with van der Waals surface area (Å²) in [6.45, 7) is 2.17. The third-order valence-electron chi connectivity index (χ3n) is 5.48. The third-order valence-corrected chi connectivity index (χ3v) is 5.48. The molecule has 0 fully saturated rings. The zero-order chi connectivity index (χ0) is 21.5. The Labute approximate surface area is 182 Å². The Hall–Kier alpha value is -3.61. The molecule has 2 aromatic carbocycles. The molecule has 31 heavy (non-hydrogen) atoms. The maximum absolute atomic E-state index is 12.0. The van der Waals surface area contributed by atoms with Gasteiger partial charge in [0, 0.05) is 63.5 Å². The molecule has 7 heteroatoms. The standard InChI is InChI=1S/C24H28N6O/c1-25-24(28-16-19-15-23(31)29-21-10-6-5-9-20(19)21)27-12-11-22-26-13-14-30(22)17-18-7-3-2-4-8-18/h2-10,13-14,19H,11-12,15-17H2,1H3,(H,29,31)(H2,25,27,28). The van der Waals surface area contributed by atoms with Crippen molar-refractivity contribution in [2.45, 2.75) is 25.3 Å². The van der Waals surface area contributed by atoms with Gasteiger partial charge in [-0.2, -0.15) is 0 Å². The van der Waals surface area contributed by atoms with Crippen molar-refractivity contribution >= 4 is 17.6 Å². The molecule has 0 aliphatic carbocycles.